The number of rotatable bonds is 2. The zero-order valence-electron chi connectivity index (χ0n) is 13.3. The van der Waals surface area contributed by atoms with E-state index in [9.17, 15) is 9.90 Å². The number of hydrogen-bond acceptors (Lipinski definition) is 2. The van der Waals surface area contributed by atoms with Gasteiger partial charge >= 0.3 is 0 Å². The number of fused-ring (bicyclic) bond motifs is 3. The highest BCUT2D eigenvalue weighted by Crippen LogP contribution is 2.59. The van der Waals surface area contributed by atoms with Crippen LogP contribution in [0.3, 0.4) is 0 Å². The Balaban J connectivity index is 1.75. The van der Waals surface area contributed by atoms with Crippen LogP contribution in [0.5, 0.6) is 0 Å². The molecular weight excluding hydrogens is 272 g/mol. The Bertz CT molecular complexity index is 587. The van der Waals surface area contributed by atoms with Gasteiger partial charge in [0, 0.05) is 6.42 Å². The highest BCUT2D eigenvalue weighted by molar-refractivity contribution is 5.89. The molecular formula is C20H26O2. The molecule has 0 amide bonds. The molecule has 2 heteroatoms. The summed E-state index contributed by atoms with van der Waals surface area (Å²) in [6.45, 7) is 0. The highest BCUT2D eigenvalue weighted by Gasteiger charge is 2.62. The van der Waals surface area contributed by atoms with Crippen LogP contribution in [0.15, 0.2) is 24.3 Å². The molecule has 0 bridgehead atoms. The molecule has 0 saturated heterocycles. The number of carbonyl (C=O) groups is 1. The number of benzene rings is 1. The van der Waals surface area contributed by atoms with E-state index < -0.39 is 11.0 Å². The van der Waals surface area contributed by atoms with Crippen molar-refractivity contribution in [3.63, 3.8) is 0 Å². The van der Waals surface area contributed by atoms with E-state index in [2.05, 4.69) is 12.1 Å². The maximum Gasteiger partial charge on any atom is 0.142 e. The first-order chi connectivity index (χ1) is 10.7. The molecule has 4 rings (SSSR count). The summed E-state index contributed by atoms with van der Waals surface area (Å²) in [7, 11) is 0. The fourth-order valence-corrected chi connectivity index (χ4v) is 5.49. The van der Waals surface area contributed by atoms with E-state index in [0.29, 0.717) is 18.1 Å². The summed E-state index contributed by atoms with van der Waals surface area (Å²) in [5.74, 6) is 0.944. The molecule has 0 spiro atoms. The predicted octanol–water partition coefficient (Wildman–Crippen LogP) is 4.14. The van der Waals surface area contributed by atoms with Gasteiger partial charge in [0.05, 0.1) is 5.41 Å². The molecule has 0 aliphatic heterocycles. The van der Waals surface area contributed by atoms with Crippen molar-refractivity contribution in [3.8, 4) is 0 Å². The average molecular weight is 298 g/mol. The molecule has 2 saturated carbocycles. The van der Waals surface area contributed by atoms with Crippen molar-refractivity contribution in [2.24, 2.45) is 11.3 Å². The van der Waals surface area contributed by atoms with Gasteiger partial charge in [-0.15, -0.1) is 0 Å². The fraction of sp³-hybridized carbons (Fsp3) is 0.650. The standard InChI is InChI=1S/C20H26O2/c21-18-11-6-12-20(22)17-10-5-4-9-16(17)14-19(18,20)13-15-7-2-1-3-8-15/h4-5,9-10,15,22H,1-3,6-8,11-14H2/t19-,20+/m0/s1. The molecule has 0 radical (unpaired) electrons. The lowest BCUT2D eigenvalue weighted by molar-refractivity contribution is -0.161. The zero-order chi connectivity index (χ0) is 15.2. The van der Waals surface area contributed by atoms with Gasteiger partial charge in [-0.25, -0.2) is 0 Å². The van der Waals surface area contributed by atoms with E-state index in [1.165, 1.54) is 37.7 Å². The van der Waals surface area contributed by atoms with Crippen LogP contribution in [0, 0.1) is 11.3 Å². The van der Waals surface area contributed by atoms with Crippen molar-refractivity contribution in [2.45, 2.75) is 69.8 Å². The van der Waals surface area contributed by atoms with Gasteiger partial charge in [0.1, 0.15) is 11.4 Å². The molecule has 2 fully saturated rings. The largest absolute Gasteiger partial charge is 0.384 e. The van der Waals surface area contributed by atoms with Crippen LogP contribution in [0.25, 0.3) is 0 Å². The minimum absolute atomic E-state index is 0.322. The first-order valence-corrected chi connectivity index (χ1v) is 9.00. The van der Waals surface area contributed by atoms with E-state index in [4.69, 9.17) is 0 Å². The Hall–Kier alpha value is -1.15. The van der Waals surface area contributed by atoms with Gasteiger partial charge in [0.2, 0.25) is 0 Å². The Morgan fingerprint density at radius 1 is 1.09 bits per heavy atom. The summed E-state index contributed by atoms with van der Waals surface area (Å²) in [5, 5.41) is 11.6. The number of Topliss-reactive ketones (excluding diaryl/α,β-unsaturated/α-hetero) is 1. The smallest absolute Gasteiger partial charge is 0.142 e. The Morgan fingerprint density at radius 2 is 1.86 bits per heavy atom. The van der Waals surface area contributed by atoms with Crippen LogP contribution in [-0.2, 0) is 16.8 Å². The molecule has 0 unspecified atom stereocenters. The van der Waals surface area contributed by atoms with Gasteiger partial charge < -0.3 is 5.11 Å². The van der Waals surface area contributed by atoms with Crippen LogP contribution >= 0.6 is 0 Å². The van der Waals surface area contributed by atoms with Gasteiger partial charge in [0.25, 0.3) is 0 Å². The topological polar surface area (TPSA) is 37.3 Å². The first-order valence-electron chi connectivity index (χ1n) is 9.00. The summed E-state index contributed by atoms with van der Waals surface area (Å²) < 4.78 is 0. The minimum Gasteiger partial charge on any atom is -0.384 e. The Labute approximate surface area is 132 Å². The van der Waals surface area contributed by atoms with Crippen LogP contribution in [-0.4, -0.2) is 10.9 Å². The molecule has 2 nitrogen and oxygen atoms in total. The molecule has 0 aromatic heterocycles. The SMILES string of the molecule is O=C1CCC[C@@]2(O)c3ccccc3C[C@@]12CC1CCCCC1. The molecule has 1 aromatic rings. The van der Waals surface area contributed by atoms with Crippen molar-refractivity contribution in [2.75, 3.05) is 0 Å². The summed E-state index contributed by atoms with van der Waals surface area (Å²) in [6, 6.07) is 8.21. The summed E-state index contributed by atoms with van der Waals surface area (Å²) >= 11 is 0. The monoisotopic (exact) mass is 298 g/mol. The molecule has 22 heavy (non-hydrogen) atoms. The van der Waals surface area contributed by atoms with Crippen molar-refractivity contribution in [1.29, 1.82) is 0 Å². The second-order valence-corrected chi connectivity index (χ2v) is 7.76. The number of hydrogen-bond donors (Lipinski definition) is 1. The van der Waals surface area contributed by atoms with Crippen LogP contribution in [0.1, 0.15) is 68.9 Å². The molecule has 3 aliphatic carbocycles. The van der Waals surface area contributed by atoms with Gasteiger partial charge in [-0.3, -0.25) is 4.79 Å². The summed E-state index contributed by atoms with van der Waals surface area (Å²) in [6.07, 6.45) is 10.3. The van der Waals surface area contributed by atoms with Crippen molar-refractivity contribution < 1.29 is 9.90 Å². The van der Waals surface area contributed by atoms with Crippen LogP contribution in [0.4, 0.5) is 0 Å². The third-order valence-electron chi connectivity index (χ3n) is 6.58. The quantitative estimate of drug-likeness (QED) is 0.891. The van der Waals surface area contributed by atoms with Crippen LogP contribution in [0.2, 0.25) is 0 Å². The lowest BCUT2D eigenvalue weighted by Crippen LogP contribution is -2.52. The van der Waals surface area contributed by atoms with Crippen molar-refractivity contribution >= 4 is 5.78 Å². The normalized spacial score (nSPS) is 35.2. The summed E-state index contributed by atoms with van der Waals surface area (Å²) in [5.41, 5.74) is 0.808. The summed E-state index contributed by atoms with van der Waals surface area (Å²) in [4.78, 5) is 13.0. The number of carbonyl (C=O) groups excluding carboxylic acids is 1. The third kappa shape index (κ3) is 1.93. The second kappa shape index (κ2) is 5.19. The van der Waals surface area contributed by atoms with E-state index >= 15 is 0 Å². The van der Waals surface area contributed by atoms with E-state index in [0.717, 1.165) is 31.2 Å². The van der Waals surface area contributed by atoms with Gasteiger partial charge in [0.15, 0.2) is 0 Å². The van der Waals surface area contributed by atoms with Crippen molar-refractivity contribution in [3.05, 3.63) is 35.4 Å². The molecule has 0 heterocycles. The first kappa shape index (κ1) is 14.4. The predicted molar refractivity (Wildman–Crippen MR) is 86.5 cm³/mol. The van der Waals surface area contributed by atoms with E-state index in [1.807, 2.05) is 12.1 Å². The van der Waals surface area contributed by atoms with Crippen molar-refractivity contribution in [1.82, 2.24) is 0 Å². The maximum absolute atomic E-state index is 13.0. The average Bonchev–Trinajstić information content (AvgIpc) is 2.79. The molecule has 118 valence electrons. The number of ketones is 1. The van der Waals surface area contributed by atoms with E-state index in [1.54, 1.807) is 0 Å². The second-order valence-electron chi connectivity index (χ2n) is 7.76. The zero-order valence-corrected chi connectivity index (χ0v) is 13.3. The molecule has 2 atom stereocenters. The van der Waals surface area contributed by atoms with Gasteiger partial charge in [-0.2, -0.15) is 0 Å². The Kier molecular flexibility index (Phi) is 3.41. The Morgan fingerprint density at radius 3 is 2.68 bits per heavy atom. The third-order valence-corrected chi connectivity index (χ3v) is 6.58. The van der Waals surface area contributed by atoms with Gasteiger partial charge in [-0.05, 0) is 42.7 Å². The molecule has 1 N–H and O–H groups in total. The van der Waals surface area contributed by atoms with E-state index in [-0.39, 0.29) is 0 Å². The molecule has 1 aromatic carbocycles. The van der Waals surface area contributed by atoms with Gasteiger partial charge in [-0.1, -0.05) is 56.4 Å². The highest BCUT2D eigenvalue weighted by atomic mass is 16.3. The lowest BCUT2D eigenvalue weighted by atomic mass is 9.58. The fourth-order valence-electron chi connectivity index (χ4n) is 5.49. The number of aliphatic hydroxyl groups is 1. The lowest BCUT2D eigenvalue weighted by Gasteiger charge is -2.47. The molecule has 3 aliphatic rings. The maximum atomic E-state index is 13.0. The van der Waals surface area contributed by atoms with Crippen LogP contribution < -0.4 is 0 Å². The minimum atomic E-state index is -0.906.